The second-order valence-electron chi connectivity index (χ2n) is 13.2. The highest BCUT2D eigenvalue weighted by Crippen LogP contribution is 2.42. The van der Waals surface area contributed by atoms with E-state index in [0.29, 0.717) is 26.4 Å². The summed E-state index contributed by atoms with van der Waals surface area (Å²) in [5.41, 5.74) is 0. The van der Waals surface area contributed by atoms with Crippen LogP contribution in [-0.2, 0) is 23.1 Å². The van der Waals surface area contributed by atoms with Crippen LogP contribution in [0.15, 0.2) is 24.3 Å². The predicted octanol–water partition coefficient (Wildman–Crippen LogP) is 13.2. The van der Waals surface area contributed by atoms with Crippen LogP contribution in [0.25, 0.3) is 0 Å². The van der Waals surface area contributed by atoms with E-state index in [2.05, 4.69) is 38.2 Å². The minimum absolute atomic E-state index is 0.0521. The van der Waals surface area contributed by atoms with E-state index in [4.69, 9.17) is 18.5 Å². The molecule has 0 radical (unpaired) electrons. The van der Waals surface area contributed by atoms with Gasteiger partial charge in [-0.05, 0) is 64.2 Å². The zero-order chi connectivity index (χ0) is 34.2. The van der Waals surface area contributed by atoms with Crippen LogP contribution in [0.1, 0.15) is 194 Å². The van der Waals surface area contributed by atoms with Crippen molar-refractivity contribution in [2.45, 2.75) is 194 Å². The van der Waals surface area contributed by atoms with Gasteiger partial charge < -0.3 is 14.4 Å². The Morgan fingerprint density at radius 1 is 0.383 bits per heavy atom. The average molecular weight is 687 g/mol. The highest BCUT2D eigenvalue weighted by atomic mass is 31.2. The Bertz CT molecular complexity index is 644. The van der Waals surface area contributed by atoms with E-state index in [9.17, 15) is 9.46 Å². The summed E-state index contributed by atoms with van der Waals surface area (Å²) in [7, 11) is -4.05. The summed E-state index contributed by atoms with van der Waals surface area (Å²) in [6, 6.07) is 0. The first-order valence-electron chi connectivity index (χ1n) is 20.2. The zero-order valence-corrected chi connectivity index (χ0v) is 32.2. The maximum absolute atomic E-state index is 12.0. The van der Waals surface area contributed by atoms with Gasteiger partial charge in [0.25, 0.3) is 0 Å². The van der Waals surface area contributed by atoms with Gasteiger partial charge in [0.2, 0.25) is 0 Å². The Hall–Kier alpha value is -0.490. The summed E-state index contributed by atoms with van der Waals surface area (Å²) >= 11 is 0. The van der Waals surface area contributed by atoms with Gasteiger partial charge in [0, 0.05) is 13.2 Å². The van der Waals surface area contributed by atoms with Crippen molar-refractivity contribution in [2.75, 3.05) is 39.6 Å². The zero-order valence-electron chi connectivity index (χ0n) is 31.3. The topological polar surface area (TPSA) is 74.2 Å². The minimum atomic E-state index is -4.05. The molecule has 0 fully saturated rings. The molecule has 0 aromatic carbocycles. The van der Waals surface area contributed by atoms with Crippen molar-refractivity contribution < 1.29 is 28.0 Å². The molecule has 0 bridgehead atoms. The van der Waals surface area contributed by atoms with Crippen LogP contribution < -0.4 is 0 Å². The number of hydrogen-bond acceptors (Lipinski definition) is 5. The molecule has 0 saturated heterocycles. The molecule has 0 aromatic rings. The molecule has 7 heteroatoms. The number of allylic oxidation sites excluding steroid dienone is 4. The number of ether oxygens (including phenoxy) is 2. The molecule has 0 aliphatic carbocycles. The molecule has 0 aliphatic rings. The Balaban J connectivity index is 3.31. The van der Waals surface area contributed by atoms with E-state index in [-0.39, 0.29) is 13.2 Å². The van der Waals surface area contributed by atoms with Crippen LogP contribution in [0, 0.1) is 0 Å². The fraction of sp³-hybridized carbons (Fsp3) is 0.900. The highest BCUT2D eigenvalue weighted by molar-refractivity contribution is 7.47. The van der Waals surface area contributed by atoms with Crippen molar-refractivity contribution in [3.05, 3.63) is 24.3 Å². The van der Waals surface area contributed by atoms with Crippen LogP contribution >= 0.6 is 7.82 Å². The van der Waals surface area contributed by atoms with E-state index in [1.807, 2.05) is 0 Å². The van der Waals surface area contributed by atoms with Crippen LogP contribution in [0.3, 0.4) is 0 Å². The van der Waals surface area contributed by atoms with Crippen molar-refractivity contribution in [3.63, 3.8) is 0 Å². The van der Waals surface area contributed by atoms with Gasteiger partial charge in [0.15, 0.2) is 0 Å². The van der Waals surface area contributed by atoms with Crippen LogP contribution in [0.4, 0.5) is 0 Å². The maximum atomic E-state index is 12.0. The molecule has 0 spiro atoms. The monoisotopic (exact) mass is 687 g/mol. The third-order valence-corrected chi connectivity index (χ3v) is 9.58. The molecule has 6 nitrogen and oxygen atoms in total. The molecule has 0 rings (SSSR count). The normalized spacial score (nSPS) is 12.3. The quantitative estimate of drug-likeness (QED) is 0.0393. The van der Waals surface area contributed by atoms with Gasteiger partial charge in [-0.25, -0.2) is 4.57 Å². The van der Waals surface area contributed by atoms with Crippen molar-refractivity contribution in [1.82, 2.24) is 0 Å². The number of hydrogen-bond donors (Lipinski definition) is 1. The number of rotatable bonds is 40. The van der Waals surface area contributed by atoms with Gasteiger partial charge in [-0.15, -0.1) is 0 Å². The summed E-state index contributed by atoms with van der Waals surface area (Å²) in [5.74, 6) is 0. The molecular weight excluding hydrogens is 607 g/mol. The van der Waals surface area contributed by atoms with E-state index < -0.39 is 7.82 Å². The number of unbranched alkanes of at least 4 members (excludes halogenated alkanes) is 24. The highest BCUT2D eigenvalue weighted by Gasteiger charge is 2.20. The lowest BCUT2D eigenvalue weighted by atomic mass is 10.1. The van der Waals surface area contributed by atoms with E-state index in [1.54, 1.807) is 0 Å². The van der Waals surface area contributed by atoms with Gasteiger partial charge >= 0.3 is 7.82 Å². The van der Waals surface area contributed by atoms with E-state index >= 15 is 0 Å². The van der Waals surface area contributed by atoms with Crippen LogP contribution in [-0.4, -0.2) is 44.5 Å². The Kier molecular flexibility index (Phi) is 39.5. The second-order valence-corrected chi connectivity index (χ2v) is 14.7. The Morgan fingerprint density at radius 2 is 0.660 bits per heavy atom. The van der Waals surface area contributed by atoms with Crippen LogP contribution in [0.2, 0.25) is 0 Å². The summed E-state index contributed by atoms with van der Waals surface area (Å²) in [5, 5.41) is 0. The van der Waals surface area contributed by atoms with Gasteiger partial charge in [-0.2, -0.15) is 0 Å². The second kappa shape index (κ2) is 39.9. The summed E-state index contributed by atoms with van der Waals surface area (Å²) < 4.78 is 33.1. The minimum Gasteiger partial charge on any atom is -0.379 e. The summed E-state index contributed by atoms with van der Waals surface area (Å²) in [4.78, 5) is 9.81. The molecule has 0 aromatic heterocycles. The molecule has 0 heterocycles. The van der Waals surface area contributed by atoms with Crippen molar-refractivity contribution in [3.8, 4) is 0 Å². The molecule has 0 aliphatic heterocycles. The Morgan fingerprint density at radius 3 is 0.979 bits per heavy atom. The van der Waals surface area contributed by atoms with Gasteiger partial charge in [0.05, 0.1) is 26.4 Å². The van der Waals surface area contributed by atoms with Gasteiger partial charge in [-0.3, -0.25) is 9.05 Å². The summed E-state index contributed by atoms with van der Waals surface area (Å²) in [6.07, 6.45) is 45.4. The van der Waals surface area contributed by atoms with Crippen molar-refractivity contribution in [1.29, 1.82) is 0 Å². The first-order valence-corrected chi connectivity index (χ1v) is 21.7. The maximum Gasteiger partial charge on any atom is 0.472 e. The largest absolute Gasteiger partial charge is 0.472 e. The standard InChI is InChI=1S/C40H79O6P/c1-3-5-7-9-11-13-15-17-19-21-23-25-27-29-31-33-35-43-37-39-45-47(41,42)46-40-38-44-36-34-32-30-28-26-24-22-20-18-16-14-12-10-8-6-4-2/h17-20H,3-16,21-40H2,1-2H3,(H,41,42)/b19-17-,20-18-. The lowest BCUT2D eigenvalue weighted by molar-refractivity contribution is 0.0564. The van der Waals surface area contributed by atoms with Gasteiger partial charge in [0.1, 0.15) is 0 Å². The lowest BCUT2D eigenvalue weighted by Crippen LogP contribution is -2.08. The lowest BCUT2D eigenvalue weighted by Gasteiger charge is -2.12. The first kappa shape index (κ1) is 46.5. The number of phosphoric acid groups is 1. The van der Waals surface area contributed by atoms with Gasteiger partial charge in [-0.1, -0.05) is 154 Å². The predicted molar refractivity (Wildman–Crippen MR) is 202 cm³/mol. The molecule has 47 heavy (non-hydrogen) atoms. The molecule has 0 atom stereocenters. The van der Waals surface area contributed by atoms with Crippen LogP contribution in [0.5, 0.6) is 0 Å². The molecule has 280 valence electrons. The Labute approximate surface area is 292 Å². The van der Waals surface area contributed by atoms with Crippen molar-refractivity contribution in [2.24, 2.45) is 0 Å². The third kappa shape index (κ3) is 41.6. The summed E-state index contributed by atoms with van der Waals surface area (Å²) in [6.45, 7) is 6.55. The fourth-order valence-electron chi connectivity index (χ4n) is 5.57. The fourth-order valence-corrected chi connectivity index (χ4v) is 6.25. The molecule has 1 N–H and O–H groups in total. The SMILES string of the molecule is CCCCCCCC/C=C\CCCCCCCCOCCOP(=O)(O)OCCOCCCCCCCC/C=C\CCCCCCCC. The molecule has 0 amide bonds. The molecule has 0 saturated carbocycles. The number of phosphoric ester groups is 1. The van der Waals surface area contributed by atoms with E-state index in [1.165, 1.54) is 154 Å². The molecule has 0 unspecified atom stereocenters. The average Bonchev–Trinajstić information content (AvgIpc) is 3.06. The first-order chi connectivity index (χ1) is 23.1. The molecular formula is C40H79O6P. The van der Waals surface area contributed by atoms with E-state index in [0.717, 1.165) is 25.7 Å². The van der Waals surface area contributed by atoms with Crippen molar-refractivity contribution >= 4 is 7.82 Å². The third-order valence-electron chi connectivity index (χ3n) is 8.57. The smallest absolute Gasteiger partial charge is 0.379 e.